The van der Waals surface area contributed by atoms with E-state index in [0.29, 0.717) is 5.56 Å². The van der Waals surface area contributed by atoms with Crippen LogP contribution in [0.15, 0.2) is 24.3 Å². The highest BCUT2D eigenvalue weighted by molar-refractivity contribution is 5.23. The maximum absolute atomic E-state index is 12.3. The largest absolute Gasteiger partial charge is 0.413 e. The Morgan fingerprint density at radius 2 is 1.94 bits per heavy atom. The van der Waals surface area contributed by atoms with Crippen LogP contribution in [0, 0.1) is 0 Å². The molecule has 0 aliphatic rings. The highest BCUT2D eigenvalue weighted by Gasteiger charge is 2.27. The molecule has 0 radical (unpaired) electrons. The van der Waals surface area contributed by atoms with E-state index < -0.39 is 19.2 Å². The number of benzene rings is 1. The summed E-state index contributed by atoms with van der Waals surface area (Å²) in [6.45, 7) is -1.50. The maximum Gasteiger partial charge on any atom is 0.413 e. The van der Waals surface area contributed by atoms with Gasteiger partial charge in [0.2, 0.25) is 0 Å². The van der Waals surface area contributed by atoms with Crippen molar-refractivity contribution in [2.75, 3.05) is 6.61 Å². The zero-order valence-corrected chi connectivity index (χ0v) is 8.60. The molecule has 2 nitrogen and oxygen atoms in total. The van der Waals surface area contributed by atoms with Crippen molar-refractivity contribution in [3.8, 4) is 0 Å². The van der Waals surface area contributed by atoms with Crippen LogP contribution in [0.1, 0.15) is 17.6 Å². The van der Waals surface area contributed by atoms with Gasteiger partial charge in [0.1, 0.15) is 0 Å². The molecule has 0 spiro atoms. The first kappa shape index (κ1) is 13.9. The van der Waals surface area contributed by atoms with Crippen LogP contribution >= 0.6 is 0 Å². The van der Waals surface area contributed by atoms with E-state index in [1.54, 1.807) is 0 Å². The van der Waals surface area contributed by atoms with Gasteiger partial charge in [0.15, 0.2) is 6.61 Å². The van der Waals surface area contributed by atoms with Crippen LogP contribution in [0.25, 0.3) is 0 Å². The van der Waals surface area contributed by atoms with Crippen LogP contribution in [0.3, 0.4) is 0 Å². The van der Waals surface area contributed by atoms with E-state index in [4.69, 9.17) is 0 Å². The fourth-order valence-corrected chi connectivity index (χ4v) is 1.11. The fraction of sp³-hybridized carbons (Fsp3) is 0.400. The normalized spacial score (nSPS) is 12.1. The molecule has 0 aliphatic heterocycles. The second-order valence-electron chi connectivity index (χ2n) is 3.27. The standard InChI is InChI=1S/C10H10F5NO/c11-9(12)8-3-1-2-7(4-8)5-16-17-6-10(13,14)15/h1-4,9,16H,5-6H2. The van der Waals surface area contributed by atoms with Crippen molar-refractivity contribution in [1.82, 2.24) is 5.48 Å². The molecule has 17 heavy (non-hydrogen) atoms. The lowest BCUT2D eigenvalue weighted by molar-refractivity contribution is -0.190. The molecule has 0 atom stereocenters. The number of halogens is 5. The third-order valence-corrected chi connectivity index (χ3v) is 1.82. The average Bonchev–Trinajstić information content (AvgIpc) is 2.23. The molecular formula is C10H10F5NO. The molecule has 0 saturated heterocycles. The lowest BCUT2D eigenvalue weighted by atomic mass is 10.1. The second-order valence-corrected chi connectivity index (χ2v) is 3.27. The summed E-state index contributed by atoms with van der Waals surface area (Å²) in [6.07, 6.45) is -7.02. The van der Waals surface area contributed by atoms with E-state index in [1.807, 2.05) is 0 Å². The van der Waals surface area contributed by atoms with E-state index in [0.717, 1.165) is 0 Å². The van der Waals surface area contributed by atoms with Crippen LogP contribution in [0.4, 0.5) is 22.0 Å². The van der Waals surface area contributed by atoms with E-state index in [1.165, 1.54) is 24.3 Å². The van der Waals surface area contributed by atoms with Gasteiger partial charge in [-0.2, -0.15) is 18.7 Å². The predicted molar refractivity (Wildman–Crippen MR) is 50.2 cm³/mol. The zero-order valence-electron chi connectivity index (χ0n) is 8.60. The Hall–Kier alpha value is -1.21. The summed E-state index contributed by atoms with van der Waals surface area (Å²) >= 11 is 0. The molecule has 0 aliphatic carbocycles. The topological polar surface area (TPSA) is 21.3 Å². The maximum atomic E-state index is 12.3. The molecular weight excluding hydrogens is 245 g/mol. The number of alkyl halides is 5. The first-order valence-electron chi connectivity index (χ1n) is 4.67. The lowest BCUT2D eigenvalue weighted by Gasteiger charge is -2.09. The average molecular weight is 255 g/mol. The summed E-state index contributed by atoms with van der Waals surface area (Å²) in [6, 6.07) is 5.36. The minimum Gasteiger partial charge on any atom is -0.292 e. The molecule has 0 unspecified atom stereocenters. The van der Waals surface area contributed by atoms with Gasteiger partial charge < -0.3 is 0 Å². The third-order valence-electron chi connectivity index (χ3n) is 1.82. The predicted octanol–water partition coefficient (Wildman–Crippen LogP) is 3.21. The molecule has 1 aromatic carbocycles. The van der Waals surface area contributed by atoms with E-state index in [9.17, 15) is 22.0 Å². The van der Waals surface area contributed by atoms with Crippen molar-refractivity contribution >= 4 is 0 Å². The third kappa shape index (κ3) is 5.60. The van der Waals surface area contributed by atoms with Crippen molar-refractivity contribution in [2.45, 2.75) is 19.1 Å². The Morgan fingerprint density at radius 1 is 1.24 bits per heavy atom. The molecule has 0 amide bonds. The quantitative estimate of drug-likeness (QED) is 0.495. The molecule has 7 heteroatoms. The van der Waals surface area contributed by atoms with Gasteiger partial charge in [-0.25, -0.2) is 8.78 Å². The summed E-state index contributed by atoms with van der Waals surface area (Å²) < 4.78 is 59.6. The van der Waals surface area contributed by atoms with Crippen LogP contribution in [-0.2, 0) is 11.4 Å². The number of hydrogen-bond acceptors (Lipinski definition) is 2. The monoisotopic (exact) mass is 255 g/mol. The zero-order chi connectivity index (χ0) is 12.9. The van der Waals surface area contributed by atoms with E-state index in [-0.39, 0.29) is 12.1 Å². The molecule has 1 rings (SSSR count). The van der Waals surface area contributed by atoms with Gasteiger partial charge in [0.25, 0.3) is 6.43 Å². The summed E-state index contributed by atoms with van der Waals surface area (Å²) in [5.41, 5.74) is 2.30. The van der Waals surface area contributed by atoms with Gasteiger partial charge in [-0.05, 0) is 11.6 Å². The van der Waals surface area contributed by atoms with Gasteiger partial charge in [0, 0.05) is 12.1 Å². The van der Waals surface area contributed by atoms with Gasteiger partial charge in [-0.3, -0.25) is 4.84 Å². The van der Waals surface area contributed by atoms with E-state index >= 15 is 0 Å². The molecule has 96 valence electrons. The van der Waals surface area contributed by atoms with Crippen molar-refractivity contribution in [3.63, 3.8) is 0 Å². The Balaban J connectivity index is 2.39. The van der Waals surface area contributed by atoms with Gasteiger partial charge in [-0.15, -0.1) is 0 Å². The summed E-state index contributed by atoms with van der Waals surface area (Å²) in [5.74, 6) is 0. The van der Waals surface area contributed by atoms with E-state index in [2.05, 4.69) is 10.3 Å². The summed E-state index contributed by atoms with van der Waals surface area (Å²) in [5, 5.41) is 0. The Morgan fingerprint density at radius 3 is 2.53 bits per heavy atom. The summed E-state index contributed by atoms with van der Waals surface area (Å²) in [7, 11) is 0. The Bertz CT molecular complexity index is 353. The van der Waals surface area contributed by atoms with Crippen LogP contribution in [-0.4, -0.2) is 12.8 Å². The molecule has 0 saturated carbocycles. The summed E-state index contributed by atoms with van der Waals surface area (Å²) in [4.78, 5) is 4.14. The molecule has 0 aromatic heterocycles. The Labute approximate surface area is 94.3 Å². The molecule has 0 heterocycles. The second kappa shape index (κ2) is 5.92. The molecule has 0 bridgehead atoms. The first-order valence-corrected chi connectivity index (χ1v) is 4.67. The highest BCUT2D eigenvalue weighted by Crippen LogP contribution is 2.19. The van der Waals surface area contributed by atoms with Gasteiger partial charge in [-0.1, -0.05) is 18.2 Å². The smallest absolute Gasteiger partial charge is 0.292 e. The van der Waals surface area contributed by atoms with Crippen molar-refractivity contribution in [3.05, 3.63) is 35.4 Å². The number of hydrogen-bond donors (Lipinski definition) is 1. The lowest BCUT2D eigenvalue weighted by Crippen LogP contribution is -2.24. The molecule has 1 aromatic rings. The first-order chi connectivity index (χ1) is 7.88. The van der Waals surface area contributed by atoms with Crippen LogP contribution in [0.2, 0.25) is 0 Å². The SMILES string of the molecule is FC(F)c1cccc(CNOCC(F)(F)F)c1. The number of nitrogens with one attached hydrogen (secondary N) is 1. The molecule has 1 N–H and O–H groups in total. The fourth-order valence-electron chi connectivity index (χ4n) is 1.11. The molecule has 0 fully saturated rings. The van der Waals surface area contributed by atoms with Crippen LogP contribution in [0.5, 0.6) is 0 Å². The Kier molecular flexibility index (Phi) is 4.83. The minimum atomic E-state index is -4.42. The van der Waals surface area contributed by atoms with Gasteiger partial charge >= 0.3 is 6.18 Å². The number of hydroxylamine groups is 1. The van der Waals surface area contributed by atoms with Crippen molar-refractivity contribution in [1.29, 1.82) is 0 Å². The highest BCUT2D eigenvalue weighted by atomic mass is 19.4. The van der Waals surface area contributed by atoms with Crippen molar-refractivity contribution < 1.29 is 26.8 Å². The number of rotatable bonds is 5. The van der Waals surface area contributed by atoms with Crippen molar-refractivity contribution in [2.24, 2.45) is 0 Å². The van der Waals surface area contributed by atoms with Gasteiger partial charge in [0.05, 0.1) is 0 Å². The minimum absolute atomic E-state index is 0.0728. The van der Waals surface area contributed by atoms with Crippen LogP contribution < -0.4 is 5.48 Å².